The molecule has 0 atom stereocenters. The summed E-state index contributed by atoms with van der Waals surface area (Å²) in [6, 6.07) is 7.74. The van der Waals surface area contributed by atoms with Crippen LogP contribution >= 0.6 is 11.3 Å². The summed E-state index contributed by atoms with van der Waals surface area (Å²) in [4.78, 5) is 19.3. The Bertz CT molecular complexity index is 971. The highest BCUT2D eigenvalue weighted by Crippen LogP contribution is 2.28. The molecule has 5 heteroatoms. The van der Waals surface area contributed by atoms with Crippen molar-refractivity contribution >= 4 is 16.3 Å². The van der Waals surface area contributed by atoms with Crippen molar-refractivity contribution in [3.63, 3.8) is 0 Å². The molecule has 0 fully saturated rings. The van der Waals surface area contributed by atoms with Gasteiger partial charge in [0.25, 0.3) is 5.56 Å². The molecule has 0 saturated heterocycles. The fourth-order valence-electron chi connectivity index (χ4n) is 3.23. The SMILES string of the molecule is Cc1ccc(C)c(OCc2cc(=O)n3c4c(sc3n2)CCCC4)c1. The number of thiazole rings is 1. The smallest absolute Gasteiger partial charge is 0.259 e. The number of aryl methyl sites for hydroxylation is 4. The van der Waals surface area contributed by atoms with E-state index in [1.54, 1.807) is 21.8 Å². The lowest BCUT2D eigenvalue weighted by atomic mass is 10.0. The van der Waals surface area contributed by atoms with Crippen molar-refractivity contribution in [3.05, 3.63) is 62.0 Å². The van der Waals surface area contributed by atoms with Crippen LogP contribution in [0.15, 0.2) is 29.1 Å². The van der Waals surface area contributed by atoms with Crippen LogP contribution < -0.4 is 10.3 Å². The zero-order valence-corrected chi connectivity index (χ0v) is 14.8. The van der Waals surface area contributed by atoms with Crippen molar-refractivity contribution < 1.29 is 4.74 Å². The fourth-order valence-corrected chi connectivity index (χ4v) is 4.46. The molecule has 1 aliphatic rings. The van der Waals surface area contributed by atoms with Gasteiger partial charge in [0.15, 0.2) is 4.96 Å². The molecule has 0 saturated carbocycles. The van der Waals surface area contributed by atoms with Gasteiger partial charge in [-0.05, 0) is 56.7 Å². The summed E-state index contributed by atoms with van der Waals surface area (Å²) in [6.07, 6.45) is 4.41. The first-order valence-electron chi connectivity index (χ1n) is 8.35. The highest BCUT2D eigenvalue weighted by Gasteiger charge is 2.18. The summed E-state index contributed by atoms with van der Waals surface area (Å²) in [6.45, 7) is 4.38. The first kappa shape index (κ1) is 15.4. The minimum Gasteiger partial charge on any atom is -0.487 e. The van der Waals surface area contributed by atoms with Crippen LogP contribution in [-0.4, -0.2) is 9.38 Å². The van der Waals surface area contributed by atoms with Crippen LogP contribution in [0.4, 0.5) is 0 Å². The van der Waals surface area contributed by atoms with Gasteiger partial charge in [0.2, 0.25) is 0 Å². The summed E-state index contributed by atoms with van der Waals surface area (Å²) >= 11 is 1.65. The Balaban J connectivity index is 1.65. The molecule has 2 aromatic heterocycles. The lowest BCUT2D eigenvalue weighted by Gasteiger charge is -2.11. The van der Waals surface area contributed by atoms with E-state index >= 15 is 0 Å². The quantitative estimate of drug-likeness (QED) is 0.728. The molecule has 0 bridgehead atoms. The first-order valence-corrected chi connectivity index (χ1v) is 9.17. The fraction of sp³-hybridized carbons (Fsp3) is 0.368. The van der Waals surface area contributed by atoms with Crippen molar-refractivity contribution in [1.82, 2.24) is 9.38 Å². The summed E-state index contributed by atoms with van der Waals surface area (Å²) < 4.78 is 7.70. The van der Waals surface area contributed by atoms with Gasteiger partial charge in [-0.2, -0.15) is 0 Å². The topological polar surface area (TPSA) is 43.6 Å². The summed E-state index contributed by atoms with van der Waals surface area (Å²) in [5.74, 6) is 0.850. The molecule has 1 aliphatic carbocycles. The highest BCUT2D eigenvalue weighted by molar-refractivity contribution is 7.17. The molecule has 0 N–H and O–H groups in total. The minimum atomic E-state index is 0.0129. The van der Waals surface area contributed by atoms with E-state index in [1.165, 1.54) is 17.0 Å². The second kappa shape index (κ2) is 6.06. The molecule has 24 heavy (non-hydrogen) atoms. The maximum Gasteiger partial charge on any atom is 0.259 e. The number of nitrogens with zero attached hydrogens (tertiary/aromatic N) is 2. The zero-order chi connectivity index (χ0) is 16.7. The van der Waals surface area contributed by atoms with E-state index in [4.69, 9.17) is 4.74 Å². The number of hydrogen-bond acceptors (Lipinski definition) is 4. The van der Waals surface area contributed by atoms with Crippen LogP contribution in [0.1, 0.15) is 40.2 Å². The second-order valence-electron chi connectivity index (χ2n) is 6.44. The number of ether oxygens (including phenoxy) is 1. The van der Waals surface area contributed by atoms with Crippen LogP contribution in [0.2, 0.25) is 0 Å². The second-order valence-corrected chi connectivity index (χ2v) is 7.50. The highest BCUT2D eigenvalue weighted by atomic mass is 32.1. The average molecular weight is 340 g/mol. The molecular formula is C19H20N2O2S. The van der Waals surface area contributed by atoms with Gasteiger partial charge in [-0.15, -0.1) is 11.3 Å². The van der Waals surface area contributed by atoms with E-state index in [0.29, 0.717) is 12.3 Å². The number of aromatic nitrogens is 2. The third-order valence-electron chi connectivity index (χ3n) is 4.53. The maximum absolute atomic E-state index is 12.5. The predicted molar refractivity (Wildman–Crippen MR) is 96.2 cm³/mol. The molecule has 0 radical (unpaired) electrons. The summed E-state index contributed by atoms with van der Waals surface area (Å²) in [5.41, 5.74) is 4.12. The van der Waals surface area contributed by atoms with Gasteiger partial charge < -0.3 is 4.74 Å². The molecular weight excluding hydrogens is 320 g/mol. The van der Waals surface area contributed by atoms with Gasteiger partial charge in [-0.25, -0.2) is 4.98 Å². The van der Waals surface area contributed by atoms with E-state index in [1.807, 2.05) is 26.0 Å². The number of rotatable bonds is 3. The molecule has 0 amide bonds. The Morgan fingerprint density at radius 2 is 2.04 bits per heavy atom. The van der Waals surface area contributed by atoms with Crippen molar-refractivity contribution in [3.8, 4) is 5.75 Å². The Morgan fingerprint density at radius 3 is 2.92 bits per heavy atom. The largest absolute Gasteiger partial charge is 0.487 e. The lowest BCUT2D eigenvalue weighted by Crippen LogP contribution is -2.18. The third-order valence-corrected chi connectivity index (χ3v) is 5.68. The van der Waals surface area contributed by atoms with Gasteiger partial charge in [0.1, 0.15) is 12.4 Å². The maximum atomic E-state index is 12.5. The molecule has 4 nitrogen and oxygen atoms in total. The molecule has 3 aromatic rings. The summed E-state index contributed by atoms with van der Waals surface area (Å²) in [5, 5.41) is 0. The molecule has 4 rings (SSSR count). The van der Waals surface area contributed by atoms with Crippen LogP contribution in [0.25, 0.3) is 4.96 Å². The molecule has 0 unspecified atom stereocenters. The number of fused-ring (bicyclic) bond motifs is 3. The van der Waals surface area contributed by atoms with Crippen LogP contribution in [0.5, 0.6) is 5.75 Å². The lowest BCUT2D eigenvalue weighted by molar-refractivity contribution is 0.299. The van der Waals surface area contributed by atoms with E-state index in [0.717, 1.165) is 41.1 Å². The van der Waals surface area contributed by atoms with Crippen LogP contribution in [0.3, 0.4) is 0 Å². The van der Waals surface area contributed by atoms with Crippen molar-refractivity contribution in [1.29, 1.82) is 0 Å². The Kier molecular flexibility index (Phi) is 3.88. The van der Waals surface area contributed by atoms with E-state index < -0.39 is 0 Å². The number of hydrogen-bond donors (Lipinski definition) is 0. The summed E-state index contributed by atoms with van der Waals surface area (Å²) in [7, 11) is 0. The molecule has 0 spiro atoms. The minimum absolute atomic E-state index is 0.0129. The van der Waals surface area contributed by atoms with Gasteiger partial charge >= 0.3 is 0 Å². The van der Waals surface area contributed by atoms with E-state index in [2.05, 4.69) is 11.1 Å². The third kappa shape index (κ3) is 2.73. The first-order chi connectivity index (χ1) is 11.6. The van der Waals surface area contributed by atoms with E-state index in [9.17, 15) is 4.79 Å². The van der Waals surface area contributed by atoms with Crippen molar-refractivity contribution in [2.75, 3.05) is 0 Å². The van der Waals surface area contributed by atoms with Crippen molar-refractivity contribution in [2.45, 2.75) is 46.1 Å². The monoisotopic (exact) mass is 340 g/mol. The Labute approximate surface area is 144 Å². The molecule has 124 valence electrons. The standard InChI is InChI=1S/C19H20N2O2S/c1-12-7-8-13(2)16(9-12)23-11-14-10-18(22)21-15-5-3-4-6-17(15)24-19(21)20-14/h7-10H,3-6,11H2,1-2H3. The van der Waals surface area contributed by atoms with Gasteiger partial charge in [-0.1, -0.05) is 12.1 Å². The Hall–Kier alpha value is -2.14. The van der Waals surface area contributed by atoms with Gasteiger partial charge in [0.05, 0.1) is 5.69 Å². The van der Waals surface area contributed by atoms with Crippen LogP contribution in [0, 0.1) is 13.8 Å². The normalized spacial score (nSPS) is 13.9. The average Bonchev–Trinajstić information content (AvgIpc) is 2.94. The molecule has 1 aromatic carbocycles. The van der Waals surface area contributed by atoms with Crippen LogP contribution in [-0.2, 0) is 19.4 Å². The van der Waals surface area contributed by atoms with E-state index in [-0.39, 0.29) is 5.56 Å². The predicted octanol–water partition coefficient (Wildman–Crippen LogP) is 3.83. The Morgan fingerprint density at radius 1 is 1.21 bits per heavy atom. The molecule has 2 heterocycles. The van der Waals surface area contributed by atoms with Gasteiger partial charge in [-0.3, -0.25) is 9.20 Å². The van der Waals surface area contributed by atoms with Gasteiger partial charge in [0, 0.05) is 16.6 Å². The number of benzene rings is 1. The zero-order valence-electron chi connectivity index (χ0n) is 14.0. The van der Waals surface area contributed by atoms with Crippen molar-refractivity contribution in [2.24, 2.45) is 0 Å². The molecule has 0 aliphatic heterocycles.